The standard InChI is InChI=1S/C46H30N4/c47-44(31-16-3-1-4-17-31)36-23-11-13-25-38(36)48-29-49-40-28-27-30-15-7-8-20-33(30)42(40)43-35-22-10-9-21-34(35)41-37-24-12-14-26-39(37)50(46(41)45(43)49)32-18-5-2-6-19-32/h1-29,47H/b47-44?,48-29+. The van der Waals surface area contributed by atoms with Gasteiger partial charge in [0.05, 0.1) is 33.5 Å². The Labute approximate surface area is 288 Å². The molecule has 0 amide bonds. The first-order valence-corrected chi connectivity index (χ1v) is 16.9. The first-order chi connectivity index (χ1) is 24.8. The second kappa shape index (κ2) is 11.1. The van der Waals surface area contributed by atoms with Crippen molar-refractivity contribution in [2.24, 2.45) is 4.99 Å². The van der Waals surface area contributed by atoms with Gasteiger partial charge in [-0.25, -0.2) is 4.99 Å². The molecular weight excluding hydrogens is 609 g/mol. The van der Waals surface area contributed by atoms with E-state index in [9.17, 15) is 0 Å². The molecule has 1 N–H and O–H groups in total. The zero-order valence-corrected chi connectivity index (χ0v) is 27.1. The maximum atomic E-state index is 9.12. The summed E-state index contributed by atoms with van der Waals surface area (Å²) < 4.78 is 4.71. The van der Waals surface area contributed by atoms with E-state index >= 15 is 0 Å². The Bertz CT molecular complexity index is 2980. The van der Waals surface area contributed by atoms with E-state index in [0.717, 1.165) is 44.6 Å². The molecule has 4 heteroatoms. The lowest BCUT2D eigenvalue weighted by Crippen LogP contribution is -2.02. The quantitative estimate of drug-likeness (QED) is 0.144. The van der Waals surface area contributed by atoms with Crippen LogP contribution in [0, 0.1) is 5.41 Å². The minimum Gasteiger partial charge on any atom is -0.307 e. The molecular formula is C46H30N4. The predicted octanol–water partition coefficient (Wildman–Crippen LogP) is 11.8. The molecule has 4 nitrogen and oxygen atoms in total. The van der Waals surface area contributed by atoms with Crippen LogP contribution in [-0.2, 0) is 0 Å². The van der Waals surface area contributed by atoms with Gasteiger partial charge >= 0.3 is 0 Å². The van der Waals surface area contributed by atoms with Crippen molar-refractivity contribution in [1.29, 1.82) is 5.41 Å². The molecule has 0 radical (unpaired) electrons. The molecule has 0 bridgehead atoms. The average Bonchev–Trinajstić information content (AvgIpc) is 3.71. The summed E-state index contributed by atoms with van der Waals surface area (Å²) >= 11 is 0. The molecule has 0 saturated carbocycles. The Hall–Kier alpha value is -6.78. The molecule has 0 unspecified atom stereocenters. The summed E-state index contributed by atoms with van der Waals surface area (Å²) in [7, 11) is 0. The van der Waals surface area contributed by atoms with E-state index in [1.807, 2.05) is 60.9 Å². The highest BCUT2D eigenvalue weighted by Crippen LogP contribution is 2.46. The van der Waals surface area contributed by atoms with Crippen LogP contribution < -0.4 is 0 Å². The number of rotatable bonds is 5. The maximum absolute atomic E-state index is 9.12. The van der Waals surface area contributed by atoms with Gasteiger partial charge in [-0.15, -0.1) is 0 Å². The average molecular weight is 639 g/mol. The summed E-state index contributed by atoms with van der Waals surface area (Å²) in [6.45, 7) is 0. The predicted molar refractivity (Wildman–Crippen MR) is 211 cm³/mol. The Morgan fingerprint density at radius 1 is 0.480 bits per heavy atom. The smallest absolute Gasteiger partial charge is 0.100 e. The minimum atomic E-state index is 0.448. The van der Waals surface area contributed by atoms with Crippen LogP contribution in [0.3, 0.4) is 0 Å². The van der Waals surface area contributed by atoms with Gasteiger partial charge in [0.2, 0.25) is 0 Å². The van der Waals surface area contributed by atoms with Crippen LogP contribution in [0.25, 0.3) is 70.8 Å². The van der Waals surface area contributed by atoms with Crippen LogP contribution in [0.4, 0.5) is 5.69 Å². The van der Waals surface area contributed by atoms with Gasteiger partial charge in [-0.3, -0.25) is 9.98 Å². The van der Waals surface area contributed by atoms with Gasteiger partial charge in [-0.2, -0.15) is 0 Å². The lowest BCUT2D eigenvalue weighted by molar-refractivity contribution is 1.18. The Morgan fingerprint density at radius 3 is 1.90 bits per heavy atom. The highest BCUT2D eigenvalue weighted by molar-refractivity contribution is 6.39. The number of hydrogen-bond donors (Lipinski definition) is 1. The van der Waals surface area contributed by atoms with Crippen molar-refractivity contribution in [2.45, 2.75) is 0 Å². The molecule has 0 fully saturated rings. The largest absolute Gasteiger partial charge is 0.307 e. The van der Waals surface area contributed by atoms with Crippen LogP contribution in [0.1, 0.15) is 11.1 Å². The van der Waals surface area contributed by atoms with Gasteiger partial charge in [0.1, 0.15) is 6.34 Å². The molecule has 2 heterocycles. The molecule has 50 heavy (non-hydrogen) atoms. The SMILES string of the molecule is N=C(c1ccccc1)c1ccccc1/N=C/n1c2ccc3ccccc3c2c2c3ccccc3c3c4ccccc4n(-c4ccccc4)c3c21. The second-order valence-electron chi connectivity index (χ2n) is 12.7. The second-order valence-corrected chi connectivity index (χ2v) is 12.7. The monoisotopic (exact) mass is 638 g/mol. The number of hydrogen-bond acceptors (Lipinski definition) is 2. The van der Waals surface area contributed by atoms with E-state index in [0.29, 0.717) is 5.71 Å². The number of aromatic nitrogens is 2. The van der Waals surface area contributed by atoms with E-state index in [4.69, 9.17) is 10.4 Å². The fourth-order valence-corrected chi connectivity index (χ4v) is 7.88. The van der Waals surface area contributed by atoms with E-state index in [1.54, 1.807) is 0 Å². The molecule has 0 atom stereocenters. The van der Waals surface area contributed by atoms with Crippen LogP contribution in [0.5, 0.6) is 0 Å². The maximum Gasteiger partial charge on any atom is 0.100 e. The summed E-state index contributed by atoms with van der Waals surface area (Å²) in [4.78, 5) is 5.21. The number of para-hydroxylation sites is 3. The summed E-state index contributed by atoms with van der Waals surface area (Å²) in [5.41, 5.74) is 8.44. The molecule has 10 rings (SSSR count). The van der Waals surface area contributed by atoms with E-state index in [2.05, 4.69) is 124 Å². The van der Waals surface area contributed by atoms with E-state index in [-0.39, 0.29) is 0 Å². The fourth-order valence-electron chi connectivity index (χ4n) is 7.88. The van der Waals surface area contributed by atoms with Crippen molar-refractivity contribution in [3.8, 4) is 5.69 Å². The third-order valence-electron chi connectivity index (χ3n) is 10.0. The van der Waals surface area contributed by atoms with Crippen molar-refractivity contribution in [3.63, 3.8) is 0 Å². The third-order valence-corrected chi connectivity index (χ3v) is 10.0. The molecule has 8 aromatic carbocycles. The number of nitrogens with zero attached hydrogens (tertiary/aromatic N) is 3. The first kappa shape index (κ1) is 28.3. The molecule has 234 valence electrons. The van der Waals surface area contributed by atoms with E-state index in [1.165, 1.54) is 43.1 Å². The molecule has 0 aliphatic rings. The Balaban J connectivity index is 1.40. The van der Waals surface area contributed by atoms with Crippen LogP contribution in [0.15, 0.2) is 175 Å². The molecule has 0 saturated heterocycles. The van der Waals surface area contributed by atoms with Gasteiger partial charge in [-0.05, 0) is 51.9 Å². The summed E-state index contributed by atoms with van der Waals surface area (Å²) in [6, 6.07) is 59.2. The fraction of sp³-hybridized carbons (Fsp3) is 0. The molecule has 2 aromatic heterocycles. The van der Waals surface area contributed by atoms with Crippen molar-refractivity contribution < 1.29 is 0 Å². The van der Waals surface area contributed by atoms with Gasteiger partial charge in [-0.1, -0.05) is 140 Å². The van der Waals surface area contributed by atoms with Gasteiger partial charge in [0, 0.05) is 38.4 Å². The molecule has 0 spiro atoms. The van der Waals surface area contributed by atoms with Crippen LogP contribution in [0.2, 0.25) is 0 Å². The lowest BCUT2D eigenvalue weighted by Gasteiger charge is -2.12. The first-order valence-electron chi connectivity index (χ1n) is 16.9. The summed E-state index contributed by atoms with van der Waals surface area (Å²) in [5.74, 6) is 0. The van der Waals surface area contributed by atoms with Gasteiger partial charge in [0.25, 0.3) is 0 Å². The Morgan fingerprint density at radius 2 is 1.10 bits per heavy atom. The van der Waals surface area contributed by atoms with Crippen molar-refractivity contribution in [1.82, 2.24) is 9.13 Å². The third kappa shape index (κ3) is 4.12. The zero-order chi connectivity index (χ0) is 33.2. The summed E-state index contributed by atoms with van der Waals surface area (Å²) in [5, 5.41) is 18.8. The topological polar surface area (TPSA) is 46.1 Å². The lowest BCUT2D eigenvalue weighted by atomic mass is 9.96. The zero-order valence-electron chi connectivity index (χ0n) is 27.1. The van der Waals surface area contributed by atoms with Crippen molar-refractivity contribution in [2.75, 3.05) is 0 Å². The molecule has 10 aromatic rings. The van der Waals surface area contributed by atoms with Crippen molar-refractivity contribution in [3.05, 3.63) is 181 Å². The van der Waals surface area contributed by atoms with E-state index < -0.39 is 0 Å². The van der Waals surface area contributed by atoms with Gasteiger partial charge in [0.15, 0.2) is 0 Å². The number of benzene rings is 8. The number of nitrogens with one attached hydrogen (secondary N) is 1. The normalized spacial score (nSPS) is 12.0. The highest BCUT2D eigenvalue weighted by Gasteiger charge is 2.24. The Kier molecular flexibility index (Phi) is 6.30. The molecule has 0 aliphatic carbocycles. The summed E-state index contributed by atoms with van der Waals surface area (Å²) in [6.07, 6.45) is 1.97. The molecule has 0 aliphatic heterocycles. The van der Waals surface area contributed by atoms with Gasteiger partial charge < -0.3 is 4.57 Å². The van der Waals surface area contributed by atoms with Crippen molar-refractivity contribution >= 4 is 82.9 Å². The highest BCUT2D eigenvalue weighted by atomic mass is 15.1. The van der Waals surface area contributed by atoms with Crippen LogP contribution >= 0.6 is 0 Å². The number of aliphatic imine (C=N–C) groups is 1. The van der Waals surface area contributed by atoms with Crippen LogP contribution in [-0.4, -0.2) is 21.2 Å². The number of fused-ring (bicyclic) bond motifs is 12. The minimum absolute atomic E-state index is 0.448.